The summed E-state index contributed by atoms with van der Waals surface area (Å²) in [4.78, 5) is 11.9. The van der Waals surface area contributed by atoms with Crippen LogP contribution in [0, 0.1) is 11.3 Å². The quantitative estimate of drug-likeness (QED) is 0.904. The summed E-state index contributed by atoms with van der Waals surface area (Å²) in [5.41, 5.74) is 1.49. The Morgan fingerprint density at radius 3 is 2.48 bits per heavy atom. The first kappa shape index (κ1) is 14.7. The predicted octanol–water partition coefficient (Wildman–Crippen LogP) is 3.86. The molecular weight excluding hydrogens is 290 g/mol. The number of nitrogens with one attached hydrogen (secondary N) is 2. The largest absolute Gasteiger partial charge is 0.497 e. The topological polar surface area (TPSA) is 74.2 Å². The van der Waals surface area contributed by atoms with Gasteiger partial charge >= 0.3 is 6.03 Å². The molecule has 0 heterocycles. The van der Waals surface area contributed by atoms with Crippen molar-refractivity contribution in [3.63, 3.8) is 0 Å². The Morgan fingerprint density at radius 2 is 1.90 bits per heavy atom. The maximum absolute atomic E-state index is 11.9. The fraction of sp³-hybridized carbons (Fsp3) is 0.0667. The van der Waals surface area contributed by atoms with Crippen molar-refractivity contribution >= 4 is 29.0 Å². The fourth-order valence-corrected chi connectivity index (χ4v) is 1.87. The van der Waals surface area contributed by atoms with E-state index in [0.717, 1.165) is 0 Å². The van der Waals surface area contributed by atoms with Crippen LogP contribution in [0.3, 0.4) is 0 Å². The molecule has 2 rings (SSSR count). The van der Waals surface area contributed by atoms with E-state index in [9.17, 15) is 4.79 Å². The number of ether oxygens (including phenoxy) is 1. The smallest absolute Gasteiger partial charge is 0.323 e. The lowest BCUT2D eigenvalue weighted by Crippen LogP contribution is -2.19. The van der Waals surface area contributed by atoms with E-state index < -0.39 is 6.03 Å². The van der Waals surface area contributed by atoms with Crippen LogP contribution in [0.4, 0.5) is 16.2 Å². The number of anilines is 2. The molecule has 21 heavy (non-hydrogen) atoms. The summed E-state index contributed by atoms with van der Waals surface area (Å²) in [6.45, 7) is 0. The normalized spacial score (nSPS) is 9.57. The monoisotopic (exact) mass is 301 g/mol. The molecule has 0 aromatic heterocycles. The summed E-state index contributed by atoms with van der Waals surface area (Å²) in [6, 6.07) is 13.1. The van der Waals surface area contributed by atoms with E-state index in [1.807, 2.05) is 6.07 Å². The second-order valence-electron chi connectivity index (χ2n) is 4.11. The van der Waals surface area contributed by atoms with Gasteiger partial charge in [-0.15, -0.1) is 0 Å². The summed E-state index contributed by atoms with van der Waals surface area (Å²) >= 11 is 5.98. The highest BCUT2D eigenvalue weighted by molar-refractivity contribution is 6.33. The molecule has 2 N–H and O–H groups in total. The van der Waals surface area contributed by atoms with Crippen LogP contribution in [-0.2, 0) is 0 Å². The van der Waals surface area contributed by atoms with Crippen LogP contribution in [0.15, 0.2) is 42.5 Å². The van der Waals surface area contributed by atoms with Crippen LogP contribution in [0.5, 0.6) is 5.75 Å². The van der Waals surface area contributed by atoms with Crippen molar-refractivity contribution in [2.75, 3.05) is 17.7 Å². The highest BCUT2D eigenvalue weighted by Crippen LogP contribution is 2.23. The van der Waals surface area contributed by atoms with Gasteiger partial charge in [-0.25, -0.2) is 4.79 Å². The molecule has 0 unspecified atom stereocenters. The van der Waals surface area contributed by atoms with Crippen molar-refractivity contribution < 1.29 is 9.53 Å². The second-order valence-corrected chi connectivity index (χ2v) is 4.52. The maximum atomic E-state index is 11.9. The first-order valence-electron chi connectivity index (χ1n) is 6.04. The Balaban J connectivity index is 2.02. The molecule has 0 spiro atoms. The zero-order chi connectivity index (χ0) is 15.2. The Morgan fingerprint density at radius 1 is 1.19 bits per heavy atom. The van der Waals surface area contributed by atoms with Crippen molar-refractivity contribution in [1.82, 2.24) is 0 Å². The number of hydrogen-bond acceptors (Lipinski definition) is 3. The van der Waals surface area contributed by atoms with Crippen molar-refractivity contribution in [1.29, 1.82) is 5.26 Å². The molecule has 0 fully saturated rings. The Kier molecular flexibility index (Phi) is 4.64. The van der Waals surface area contributed by atoms with Gasteiger partial charge in [0.1, 0.15) is 5.75 Å². The first-order chi connectivity index (χ1) is 10.1. The van der Waals surface area contributed by atoms with Gasteiger partial charge in [-0.2, -0.15) is 5.26 Å². The zero-order valence-electron chi connectivity index (χ0n) is 11.2. The van der Waals surface area contributed by atoms with Crippen LogP contribution in [-0.4, -0.2) is 13.1 Å². The van der Waals surface area contributed by atoms with Crippen LogP contribution < -0.4 is 15.4 Å². The number of rotatable bonds is 3. The number of nitrogens with zero attached hydrogens (tertiary/aromatic N) is 1. The van der Waals surface area contributed by atoms with Gasteiger partial charge in [-0.05, 0) is 42.5 Å². The number of carbonyl (C=O) groups excluding carboxylic acids is 1. The van der Waals surface area contributed by atoms with Gasteiger partial charge in [-0.1, -0.05) is 11.6 Å². The third-order valence-corrected chi connectivity index (χ3v) is 3.01. The molecule has 5 nitrogen and oxygen atoms in total. The molecule has 2 amide bonds. The molecule has 2 aromatic carbocycles. The molecule has 0 aliphatic carbocycles. The minimum absolute atomic E-state index is 0.305. The second kappa shape index (κ2) is 6.64. The van der Waals surface area contributed by atoms with Crippen LogP contribution in [0.1, 0.15) is 5.56 Å². The number of methoxy groups -OCH3 is 1. The summed E-state index contributed by atoms with van der Waals surface area (Å²) in [6.07, 6.45) is 0. The van der Waals surface area contributed by atoms with Gasteiger partial charge in [0.2, 0.25) is 0 Å². The lowest BCUT2D eigenvalue weighted by Gasteiger charge is -2.09. The van der Waals surface area contributed by atoms with Gasteiger partial charge in [0, 0.05) is 5.69 Å². The molecular formula is C15H12ClN3O2. The third kappa shape index (κ3) is 3.88. The number of urea groups is 1. The Bertz CT molecular complexity index is 693. The number of nitriles is 1. The van der Waals surface area contributed by atoms with E-state index in [1.165, 1.54) is 6.07 Å². The van der Waals surface area contributed by atoms with Gasteiger partial charge in [0.25, 0.3) is 0 Å². The lowest BCUT2D eigenvalue weighted by molar-refractivity contribution is 0.262. The maximum Gasteiger partial charge on any atom is 0.323 e. The van der Waals surface area contributed by atoms with E-state index in [-0.39, 0.29) is 0 Å². The van der Waals surface area contributed by atoms with E-state index in [4.69, 9.17) is 21.6 Å². The summed E-state index contributed by atoms with van der Waals surface area (Å²) in [5, 5.41) is 14.3. The van der Waals surface area contributed by atoms with Crippen LogP contribution in [0.2, 0.25) is 5.02 Å². The molecule has 0 radical (unpaired) electrons. The molecule has 6 heteroatoms. The third-order valence-electron chi connectivity index (χ3n) is 2.69. The highest BCUT2D eigenvalue weighted by atomic mass is 35.5. The highest BCUT2D eigenvalue weighted by Gasteiger charge is 2.07. The SMILES string of the molecule is COc1ccc(NC(=O)Nc2ccc(C#N)cc2Cl)cc1. The average molecular weight is 302 g/mol. The molecule has 0 bridgehead atoms. The van der Waals surface area contributed by atoms with Gasteiger partial charge < -0.3 is 15.4 Å². The molecule has 0 atom stereocenters. The van der Waals surface area contributed by atoms with Crippen molar-refractivity contribution in [3.05, 3.63) is 53.1 Å². The zero-order valence-corrected chi connectivity index (χ0v) is 11.9. The Labute approximate surface area is 127 Å². The molecule has 0 saturated heterocycles. The minimum Gasteiger partial charge on any atom is -0.497 e. The molecule has 0 aliphatic heterocycles. The van der Waals surface area contributed by atoms with Gasteiger partial charge in [0.05, 0.1) is 29.5 Å². The van der Waals surface area contributed by atoms with Crippen molar-refractivity contribution in [2.24, 2.45) is 0 Å². The van der Waals surface area contributed by atoms with E-state index >= 15 is 0 Å². The molecule has 0 saturated carbocycles. The summed E-state index contributed by atoms with van der Waals surface area (Å²) in [7, 11) is 1.57. The van der Waals surface area contributed by atoms with E-state index in [0.29, 0.717) is 27.7 Å². The van der Waals surface area contributed by atoms with Crippen molar-refractivity contribution in [3.8, 4) is 11.8 Å². The first-order valence-corrected chi connectivity index (χ1v) is 6.42. The molecule has 2 aromatic rings. The van der Waals surface area contributed by atoms with Crippen molar-refractivity contribution in [2.45, 2.75) is 0 Å². The van der Waals surface area contributed by atoms with Crippen LogP contribution >= 0.6 is 11.6 Å². The van der Waals surface area contributed by atoms with E-state index in [1.54, 1.807) is 43.5 Å². The van der Waals surface area contributed by atoms with E-state index in [2.05, 4.69) is 10.6 Å². The number of hydrogen-bond donors (Lipinski definition) is 2. The number of amides is 2. The minimum atomic E-state index is -0.424. The fourth-order valence-electron chi connectivity index (χ4n) is 1.65. The number of carbonyl (C=O) groups is 1. The van der Waals surface area contributed by atoms with Gasteiger partial charge in [-0.3, -0.25) is 0 Å². The summed E-state index contributed by atoms with van der Waals surface area (Å²) < 4.78 is 5.04. The standard InChI is InChI=1S/C15H12ClN3O2/c1-21-12-5-3-11(4-6-12)18-15(20)19-14-7-2-10(9-17)8-13(14)16/h2-8H,1H3,(H2,18,19,20). The number of benzene rings is 2. The van der Waals surface area contributed by atoms with Gasteiger partial charge in [0.15, 0.2) is 0 Å². The Hall–Kier alpha value is -2.71. The number of halogens is 1. The molecule has 106 valence electrons. The average Bonchev–Trinajstić information content (AvgIpc) is 2.50. The lowest BCUT2D eigenvalue weighted by atomic mass is 10.2. The summed E-state index contributed by atoms with van der Waals surface area (Å²) in [5.74, 6) is 0.705. The predicted molar refractivity (Wildman–Crippen MR) is 81.8 cm³/mol. The van der Waals surface area contributed by atoms with Crippen LogP contribution in [0.25, 0.3) is 0 Å². The molecule has 0 aliphatic rings.